The molecule has 0 amide bonds. The number of ether oxygens (including phenoxy) is 2. The molecule has 0 heterocycles. The van der Waals surface area contributed by atoms with Crippen molar-refractivity contribution in [2.45, 2.75) is 19.6 Å². The molecule has 0 aliphatic heterocycles. The van der Waals surface area contributed by atoms with E-state index in [1.54, 1.807) is 62.6 Å². The van der Waals surface area contributed by atoms with E-state index in [9.17, 15) is 9.59 Å². The van der Waals surface area contributed by atoms with Gasteiger partial charge in [0.05, 0.1) is 12.2 Å². The number of carbonyl (C=O) groups excluding carboxylic acids is 2. The Bertz CT molecular complexity index is 677. The molecule has 0 aliphatic rings. The Labute approximate surface area is 143 Å². The summed E-state index contributed by atoms with van der Waals surface area (Å²) in [5, 5.41) is 0. The minimum atomic E-state index is -0.845. The van der Waals surface area contributed by atoms with Crippen LogP contribution in [-0.4, -0.2) is 25.0 Å². The lowest BCUT2D eigenvalue weighted by Crippen LogP contribution is -2.24. The van der Waals surface area contributed by atoms with Crippen LogP contribution in [0.4, 0.5) is 0 Å². The molecule has 0 aromatic heterocycles. The quantitative estimate of drug-likeness (QED) is 0.564. The van der Waals surface area contributed by atoms with E-state index in [1.807, 2.05) is 0 Å². The van der Waals surface area contributed by atoms with Gasteiger partial charge in [0, 0.05) is 17.1 Å². The summed E-state index contributed by atoms with van der Waals surface area (Å²) >= 11 is 3.31. The fraction of sp³-hybridized carbons (Fsp3) is 0.222. The smallest absolute Gasteiger partial charge is 0.338 e. The number of methoxy groups -OCH3 is 1. The van der Waals surface area contributed by atoms with Gasteiger partial charge >= 0.3 is 5.97 Å². The van der Waals surface area contributed by atoms with Crippen LogP contribution in [0.3, 0.4) is 0 Å². The van der Waals surface area contributed by atoms with E-state index in [4.69, 9.17) is 9.47 Å². The molecule has 0 saturated carbocycles. The molecule has 0 N–H and O–H groups in total. The standard InChI is InChI=1S/C18H17BrO4/c1-12(17(20)14-7-9-16(19)10-8-14)23-18(21)15-5-3-13(4-6-15)11-22-2/h3-10,12H,11H2,1-2H3/t12-/m0/s1. The SMILES string of the molecule is COCc1ccc(C(=O)O[C@@H](C)C(=O)c2ccc(Br)cc2)cc1. The Morgan fingerprint density at radius 3 is 2.13 bits per heavy atom. The van der Waals surface area contributed by atoms with Crippen LogP contribution in [-0.2, 0) is 16.1 Å². The van der Waals surface area contributed by atoms with Crippen LogP contribution in [0.1, 0.15) is 33.2 Å². The lowest BCUT2D eigenvalue weighted by Gasteiger charge is -2.12. The van der Waals surface area contributed by atoms with E-state index in [0.29, 0.717) is 17.7 Å². The van der Waals surface area contributed by atoms with Crippen LogP contribution in [0, 0.1) is 0 Å². The molecular weight excluding hydrogens is 360 g/mol. The van der Waals surface area contributed by atoms with Crippen molar-refractivity contribution in [3.05, 3.63) is 69.7 Å². The third kappa shape index (κ3) is 4.74. The van der Waals surface area contributed by atoms with Crippen molar-refractivity contribution in [3.8, 4) is 0 Å². The molecule has 120 valence electrons. The lowest BCUT2D eigenvalue weighted by atomic mass is 10.1. The van der Waals surface area contributed by atoms with Gasteiger partial charge in [-0.1, -0.05) is 40.2 Å². The Balaban J connectivity index is 2.01. The van der Waals surface area contributed by atoms with Crippen molar-refractivity contribution in [2.24, 2.45) is 0 Å². The number of esters is 1. The molecule has 5 heteroatoms. The number of benzene rings is 2. The highest BCUT2D eigenvalue weighted by atomic mass is 79.9. The third-order valence-electron chi connectivity index (χ3n) is 3.28. The Hall–Kier alpha value is -1.98. The topological polar surface area (TPSA) is 52.6 Å². The first kappa shape index (κ1) is 17.4. The van der Waals surface area contributed by atoms with Gasteiger partial charge in [-0.3, -0.25) is 4.79 Å². The van der Waals surface area contributed by atoms with Crippen molar-refractivity contribution in [1.29, 1.82) is 0 Å². The number of carbonyl (C=O) groups is 2. The number of Topliss-reactive ketones (excluding diaryl/α,β-unsaturated/α-hetero) is 1. The second-order valence-electron chi connectivity index (χ2n) is 5.05. The zero-order valence-electron chi connectivity index (χ0n) is 12.9. The summed E-state index contributed by atoms with van der Waals surface area (Å²) in [4.78, 5) is 24.4. The van der Waals surface area contributed by atoms with E-state index in [0.717, 1.165) is 10.0 Å². The summed E-state index contributed by atoms with van der Waals surface area (Å²) in [5.74, 6) is -0.756. The third-order valence-corrected chi connectivity index (χ3v) is 3.81. The van der Waals surface area contributed by atoms with Gasteiger partial charge in [0.25, 0.3) is 0 Å². The minimum absolute atomic E-state index is 0.234. The molecule has 4 nitrogen and oxygen atoms in total. The largest absolute Gasteiger partial charge is 0.451 e. The molecule has 23 heavy (non-hydrogen) atoms. The summed E-state index contributed by atoms with van der Waals surface area (Å²) in [6.45, 7) is 2.05. The highest BCUT2D eigenvalue weighted by Crippen LogP contribution is 2.14. The summed E-state index contributed by atoms with van der Waals surface area (Å²) in [6, 6.07) is 13.8. The zero-order chi connectivity index (χ0) is 16.8. The fourth-order valence-electron chi connectivity index (χ4n) is 2.03. The maximum Gasteiger partial charge on any atom is 0.338 e. The van der Waals surface area contributed by atoms with Gasteiger partial charge in [-0.2, -0.15) is 0 Å². The Kier molecular flexibility index (Phi) is 6.07. The molecule has 0 bridgehead atoms. The van der Waals surface area contributed by atoms with Gasteiger partial charge in [-0.15, -0.1) is 0 Å². The van der Waals surface area contributed by atoms with Gasteiger partial charge in [0.15, 0.2) is 6.10 Å². The monoisotopic (exact) mass is 376 g/mol. The number of hydrogen-bond donors (Lipinski definition) is 0. The molecule has 1 atom stereocenters. The van der Waals surface area contributed by atoms with Crippen LogP contribution in [0.2, 0.25) is 0 Å². The van der Waals surface area contributed by atoms with Crippen LogP contribution in [0.5, 0.6) is 0 Å². The normalized spacial score (nSPS) is 11.8. The van der Waals surface area contributed by atoms with Crippen LogP contribution < -0.4 is 0 Å². The first-order valence-corrected chi connectivity index (χ1v) is 7.89. The van der Waals surface area contributed by atoms with Crippen molar-refractivity contribution in [3.63, 3.8) is 0 Å². The number of halogens is 1. The minimum Gasteiger partial charge on any atom is -0.451 e. The average Bonchev–Trinajstić information content (AvgIpc) is 2.55. The molecule has 2 rings (SSSR count). The molecule has 0 unspecified atom stereocenters. The lowest BCUT2D eigenvalue weighted by molar-refractivity contribution is 0.0319. The first-order chi connectivity index (χ1) is 11.0. The van der Waals surface area contributed by atoms with E-state index < -0.39 is 12.1 Å². The van der Waals surface area contributed by atoms with Crippen molar-refractivity contribution in [2.75, 3.05) is 7.11 Å². The van der Waals surface area contributed by atoms with E-state index in [2.05, 4.69) is 15.9 Å². The van der Waals surface area contributed by atoms with Crippen LogP contribution in [0.25, 0.3) is 0 Å². The highest BCUT2D eigenvalue weighted by molar-refractivity contribution is 9.10. The predicted molar refractivity (Wildman–Crippen MR) is 90.5 cm³/mol. The van der Waals surface area contributed by atoms with Crippen molar-refractivity contribution in [1.82, 2.24) is 0 Å². The molecular formula is C18H17BrO4. The molecule has 0 radical (unpaired) electrons. The fourth-order valence-corrected chi connectivity index (χ4v) is 2.30. The van der Waals surface area contributed by atoms with E-state index >= 15 is 0 Å². The maximum absolute atomic E-state index is 12.3. The second-order valence-corrected chi connectivity index (χ2v) is 5.96. The molecule has 0 saturated heterocycles. The summed E-state index contributed by atoms with van der Waals surface area (Å²) in [6.07, 6.45) is -0.845. The van der Waals surface area contributed by atoms with Crippen LogP contribution >= 0.6 is 15.9 Å². The molecule has 0 fully saturated rings. The van der Waals surface area contributed by atoms with Gasteiger partial charge in [0.1, 0.15) is 0 Å². The van der Waals surface area contributed by atoms with Gasteiger partial charge in [-0.25, -0.2) is 4.79 Å². The average molecular weight is 377 g/mol. The number of ketones is 1. The summed E-state index contributed by atoms with van der Waals surface area (Å²) in [5.41, 5.74) is 1.87. The molecule has 0 spiro atoms. The highest BCUT2D eigenvalue weighted by Gasteiger charge is 2.20. The Morgan fingerprint density at radius 1 is 1.00 bits per heavy atom. The predicted octanol–water partition coefficient (Wildman–Crippen LogP) is 4.02. The van der Waals surface area contributed by atoms with Crippen molar-refractivity contribution < 1.29 is 19.1 Å². The van der Waals surface area contributed by atoms with Crippen molar-refractivity contribution >= 4 is 27.7 Å². The van der Waals surface area contributed by atoms with E-state index in [1.165, 1.54) is 0 Å². The van der Waals surface area contributed by atoms with Crippen LogP contribution in [0.15, 0.2) is 53.0 Å². The van der Waals surface area contributed by atoms with E-state index in [-0.39, 0.29) is 5.78 Å². The summed E-state index contributed by atoms with van der Waals surface area (Å²) in [7, 11) is 1.61. The zero-order valence-corrected chi connectivity index (χ0v) is 14.5. The number of hydrogen-bond acceptors (Lipinski definition) is 4. The van der Waals surface area contributed by atoms with Gasteiger partial charge in [-0.05, 0) is 36.8 Å². The molecule has 2 aromatic rings. The van der Waals surface area contributed by atoms with Gasteiger partial charge < -0.3 is 9.47 Å². The Morgan fingerprint density at radius 2 is 1.57 bits per heavy atom. The first-order valence-electron chi connectivity index (χ1n) is 7.10. The maximum atomic E-state index is 12.3. The number of rotatable bonds is 6. The summed E-state index contributed by atoms with van der Waals surface area (Å²) < 4.78 is 11.2. The molecule has 0 aliphatic carbocycles. The molecule has 2 aromatic carbocycles. The second kappa shape index (κ2) is 8.04. The van der Waals surface area contributed by atoms with Gasteiger partial charge in [0.2, 0.25) is 5.78 Å².